The van der Waals surface area contributed by atoms with Crippen LogP contribution in [0.2, 0.25) is 0 Å². The minimum Gasteiger partial charge on any atom is -0.480 e. The molecule has 2 amide bonds. The van der Waals surface area contributed by atoms with E-state index in [0.717, 1.165) is 0 Å². The largest absolute Gasteiger partial charge is 0.480 e. The third kappa shape index (κ3) is 4.85. The predicted octanol–water partition coefficient (Wildman–Crippen LogP) is -1.38. The van der Waals surface area contributed by atoms with Crippen molar-refractivity contribution in [3.05, 3.63) is 0 Å². The van der Waals surface area contributed by atoms with Crippen molar-refractivity contribution in [2.75, 3.05) is 25.2 Å². The Hall–Kier alpha value is -1.32. The maximum atomic E-state index is 12.3. The van der Waals surface area contributed by atoms with E-state index in [4.69, 9.17) is 10.8 Å². The van der Waals surface area contributed by atoms with E-state index in [-0.39, 0.29) is 0 Å². The lowest BCUT2D eigenvalue weighted by molar-refractivity contribution is -0.149. The number of likely N-dealkylation sites (tertiary alicyclic amines) is 1. The van der Waals surface area contributed by atoms with Crippen LogP contribution in [-0.2, 0) is 14.4 Å². The number of carbonyl (C=O) groups is 3. The number of carboxylic acids is 1. The number of hydrogen-bond acceptors (Lipinski definition) is 6. The number of carboxylic acid groups (broad SMARTS) is 1. The second-order valence-corrected chi connectivity index (χ2v) is 6.15. The fraction of sp³-hybridized carbons (Fsp3) is 0.769. The van der Waals surface area contributed by atoms with Gasteiger partial charge in [-0.3, -0.25) is 9.59 Å². The van der Waals surface area contributed by atoms with Gasteiger partial charge in [-0.15, -0.1) is 0 Å². The zero-order chi connectivity index (χ0) is 16.7. The number of nitrogens with one attached hydrogen (secondary N) is 1. The lowest BCUT2D eigenvalue weighted by atomic mass is 10.1. The second kappa shape index (κ2) is 8.96. The molecule has 0 spiro atoms. The van der Waals surface area contributed by atoms with Crippen molar-refractivity contribution >= 4 is 29.5 Å². The normalized spacial score (nSPS) is 20.5. The van der Waals surface area contributed by atoms with E-state index in [1.165, 1.54) is 4.90 Å². The van der Waals surface area contributed by atoms with Crippen LogP contribution in [0.15, 0.2) is 0 Å². The molecule has 1 saturated heterocycles. The molecule has 0 saturated carbocycles. The quantitative estimate of drug-likeness (QED) is 0.430. The average molecular weight is 333 g/mol. The van der Waals surface area contributed by atoms with Crippen molar-refractivity contribution in [2.24, 2.45) is 5.73 Å². The molecule has 22 heavy (non-hydrogen) atoms. The zero-order valence-electron chi connectivity index (χ0n) is 12.5. The summed E-state index contributed by atoms with van der Waals surface area (Å²) in [5.74, 6) is -1.48. The molecule has 0 unspecified atom stereocenters. The smallest absolute Gasteiger partial charge is 0.326 e. The van der Waals surface area contributed by atoms with Crippen LogP contribution in [0.3, 0.4) is 0 Å². The Morgan fingerprint density at radius 1 is 1.45 bits per heavy atom. The van der Waals surface area contributed by atoms with Gasteiger partial charge in [0.2, 0.25) is 11.8 Å². The van der Waals surface area contributed by atoms with Gasteiger partial charge >= 0.3 is 5.97 Å². The molecular weight excluding hydrogens is 310 g/mol. The molecule has 126 valence electrons. The van der Waals surface area contributed by atoms with E-state index in [0.29, 0.717) is 31.6 Å². The predicted molar refractivity (Wildman–Crippen MR) is 82.4 cm³/mol. The molecule has 0 bridgehead atoms. The Kier molecular flexibility index (Phi) is 7.63. The summed E-state index contributed by atoms with van der Waals surface area (Å²) in [6.45, 7) is -0.288. The number of aliphatic carboxylic acids is 1. The molecule has 1 rings (SSSR count). The maximum absolute atomic E-state index is 12.3. The van der Waals surface area contributed by atoms with Gasteiger partial charge in [-0.2, -0.15) is 11.8 Å². The number of nitrogens with two attached hydrogens (primary N) is 1. The van der Waals surface area contributed by atoms with Crippen molar-refractivity contribution in [1.82, 2.24) is 10.2 Å². The van der Waals surface area contributed by atoms with Gasteiger partial charge in [0.15, 0.2) is 0 Å². The van der Waals surface area contributed by atoms with E-state index < -0.39 is 42.5 Å². The van der Waals surface area contributed by atoms with Crippen molar-refractivity contribution in [1.29, 1.82) is 0 Å². The summed E-state index contributed by atoms with van der Waals surface area (Å²) in [4.78, 5) is 36.5. The number of aliphatic hydroxyl groups excluding tert-OH is 1. The Morgan fingerprint density at radius 2 is 2.14 bits per heavy atom. The number of thioether (sulfide) groups is 1. The molecule has 1 fully saturated rings. The van der Waals surface area contributed by atoms with Crippen LogP contribution >= 0.6 is 11.8 Å². The van der Waals surface area contributed by atoms with E-state index in [2.05, 4.69) is 5.32 Å². The van der Waals surface area contributed by atoms with Gasteiger partial charge in [0, 0.05) is 6.54 Å². The summed E-state index contributed by atoms with van der Waals surface area (Å²) >= 11 is 1.55. The topological polar surface area (TPSA) is 133 Å². The third-order valence-corrected chi connectivity index (χ3v) is 4.23. The van der Waals surface area contributed by atoms with E-state index in [1.807, 2.05) is 6.26 Å². The van der Waals surface area contributed by atoms with Crippen LogP contribution in [-0.4, -0.2) is 76.2 Å². The summed E-state index contributed by atoms with van der Waals surface area (Å²) in [5, 5.41) is 20.8. The summed E-state index contributed by atoms with van der Waals surface area (Å²) in [7, 11) is 0. The zero-order valence-corrected chi connectivity index (χ0v) is 13.3. The van der Waals surface area contributed by atoms with Crippen LogP contribution in [0.5, 0.6) is 0 Å². The number of nitrogens with zero attached hydrogens (tertiary/aromatic N) is 1. The second-order valence-electron chi connectivity index (χ2n) is 5.16. The Labute approximate surface area is 133 Å². The molecule has 0 aliphatic carbocycles. The molecule has 1 aliphatic rings. The molecule has 0 aromatic carbocycles. The molecule has 8 nitrogen and oxygen atoms in total. The standard InChI is InChI=1S/C13H23N3O5S/c1-22-6-4-8(14)11(18)15-9(7-17)12(19)16-5-2-3-10(16)13(20)21/h8-10,17H,2-7,14H2,1H3,(H,15,18)(H,20,21)/t8-,9-,10+/m0/s1. The summed E-state index contributed by atoms with van der Waals surface area (Å²) in [6.07, 6.45) is 3.31. The highest BCUT2D eigenvalue weighted by atomic mass is 32.2. The molecule has 0 aromatic heterocycles. The molecule has 1 heterocycles. The molecule has 9 heteroatoms. The fourth-order valence-corrected chi connectivity index (χ4v) is 2.82. The van der Waals surface area contributed by atoms with Crippen LogP contribution in [0.25, 0.3) is 0 Å². The summed E-state index contributed by atoms with van der Waals surface area (Å²) < 4.78 is 0. The molecule has 0 radical (unpaired) electrons. The average Bonchev–Trinajstić information content (AvgIpc) is 2.98. The van der Waals surface area contributed by atoms with Gasteiger partial charge in [0.05, 0.1) is 12.6 Å². The van der Waals surface area contributed by atoms with Gasteiger partial charge in [-0.05, 0) is 31.3 Å². The van der Waals surface area contributed by atoms with Crippen molar-refractivity contribution in [3.63, 3.8) is 0 Å². The van der Waals surface area contributed by atoms with Crippen molar-refractivity contribution in [2.45, 2.75) is 37.4 Å². The third-order valence-electron chi connectivity index (χ3n) is 3.59. The summed E-state index contributed by atoms with van der Waals surface area (Å²) in [5.41, 5.74) is 5.71. The SMILES string of the molecule is CSCC[C@H](N)C(=O)N[C@@H](CO)C(=O)N1CCC[C@@H]1C(=O)O. The van der Waals surface area contributed by atoms with Gasteiger partial charge in [0.25, 0.3) is 0 Å². The highest BCUT2D eigenvalue weighted by Gasteiger charge is 2.37. The van der Waals surface area contributed by atoms with Gasteiger partial charge in [-0.1, -0.05) is 0 Å². The Balaban J connectivity index is 2.64. The van der Waals surface area contributed by atoms with Crippen molar-refractivity contribution in [3.8, 4) is 0 Å². The molecular formula is C13H23N3O5S. The van der Waals surface area contributed by atoms with Gasteiger partial charge in [-0.25, -0.2) is 4.79 Å². The Bertz CT molecular complexity index is 420. The molecule has 0 aromatic rings. The number of rotatable bonds is 8. The lowest BCUT2D eigenvalue weighted by Gasteiger charge is -2.27. The first-order chi connectivity index (χ1) is 10.4. The number of amides is 2. The Morgan fingerprint density at radius 3 is 2.68 bits per heavy atom. The van der Waals surface area contributed by atoms with Gasteiger partial charge in [0.1, 0.15) is 12.1 Å². The van der Waals surface area contributed by atoms with Crippen LogP contribution in [0, 0.1) is 0 Å². The number of aliphatic hydroxyl groups is 1. The molecule has 5 N–H and O–H groups in total. The highest BCUT2D eigenvalue weighted by molar-refractivity contribution is 7.98. The first kappa shape index (κ1) is 18.7. The molecule has 3 atom stereocenters. The number of carbonyl (C=O) groups excluding carboxylic acids is 2. The highest BCUT2D eigenvalue weighted by Crippen LogP contribution is 2.18. The van der Waals surface area contributed by atoms with E-state index in [1.54, 1.807) is 11.8 Å². The first-order valence-electron chi connectivity index (χ1n) is 7.11. The van der Waals surface area contributed by atoms with Gasteiger partial charge < -0.3 is 26.2 Å². The van der Waals surface area contributed by atoms with Crippen LogP contribution in [0.4, 0.5) is 0 Å². The first-order valence-corrected chi connectivity index (χ1v) is 8.50. The minimum absolute atomic E-state index is 0.306. The monoisotopic (exact) mass is 333 g/mol. The van der Waals surface area contributed by atoms with E-state index >= 15 is 0 Å². The number of hydrogen-bond donors (Lipinski definition) is 4. The molecule has 1 aliphatic heterocycles. The van der Waals surface area contributed by atoms with Crippen LogP contribution in [0.1, 0.15) is 19.3 Å². The maximum Gasteiger partial charge on any atom is 0.326 e. The van der Waals surface area contributed by atoms with Crippen molar-refractivity contribution < 1.29 is 24.6 Å². The van der Waals surface area contributed by atoms with E-state index in [9.17, 15) is 19.5 Å². The minimum atomic E-state index is -1.16. The summed E-state index contributed by atoms with van der Waals surface area (Å²) in [6, 6.07) is -2.82. The fourth-order valence-electron chi connectivity index (χ4n) is 2.33. The lowest BCUT2D eigenvalue weighted by Crippen LogP contribution is -2.55. The van der Waals surface area contributed by atoms with Crippen LogP contribution < -0.4 is 11.1 Å².